The third kappa shape index (κ3) is 7.74. The zero-order chi connectivity index (χ0) is 28.7. The van der Waals surface area contributed by atoms with Gasteiger partial charge in [-0.25, -0.2) is 9.59 Å². The molecule has 1 atom stereocenters. The van der Waals surface area contributed by atoms with Crippen LogP contribution in [0.3, 0.4) is 0 Å². The molecular weight excluding hydrogens is 547 g/mol. The fourth-order valence-electron chi connectivity index (χ4n) is 4.36. The average Bonchev–Trinajstić information content (AvgIpc) is 2.95. The highest BCUT2D eigenvalue weighted by atomic mass is 35.5. The van der Waals surface area contributed by atoms with Crippen LogP contribution in [0.1, 0.15) is 33.2 Å². The minimum absolute atomic E-state index is 0.132. The fourth-order valence-corrected chi connectivity index (χ4v) is 4.49. The summed E-state index contributed by atoms with van der Waals surface area (Å²) in [5.41, 5.74) is 1.45. The van der Waals surface area contributed by atoms with Gasteiger partial charge in [0.05, 0.1) is 36.6 Å². The Balaban J connectivity index is 1.36. The van der Waals surface area contributed by atoms with Crippen LogP contribution >= 0.6 is 11.6 Å². The number of urea groups is 1. The van der Waals surface area contributed by atoms with Gasteiger partial charge in [-0.2, -0.15) is 13.2 Å². The van der Waals surface area contributed by atoms with Crippen LogP contribution in [0.25, 0.3) is 0 Å². The Kier molecular flexibility index (Phi) is 9.67. The third-order valence-electron chi connectivity index (χ3n) is 6.63. The van der Waals surface area contributed by atoms with E-state index in [-0.39, 0.29) is 24.3 Å². The number of hydrogen-bond donors (Lipinski definition) is 1. The number of ether oxygens (including phenoxy) is 2. The number of piperazine rings is 1. The molecular formula is C29H29ClF3N3O4. The third-order valence-corrected chi connectivity index (χ3v) is 6.88. The summed E-state index contributed by atoms with van der Waals surface area (Å²) in [7, 11) is 1.28. The first kappa shape index (κ1) is 29.4. The second kappa shape index (κ2) is 13.2. The van der Waals surface area contributed by atoms with Gasteiger partial charge in [-0.1, -0.05) is 48.0 Å². The molecule has 4 rings (SSSR count). The number of halogens is 4. The van der Waals surface area contributed by atoms with Crippen LogP contribution in [-0.2, 0) is 22.3 Å². The number of anilines is 1. The van der Waals surface area contributed by atoms with Crippen molar-refractivity contribution in [1.82, 2.24) is 9.80 Å². The number of carbonyl (C=O) groups is 2. The highest BCUT2D eigenvalue weighted by Gasteiger charge is 2.30. The summed E-state index contributed by atoms with van der Waals surface area (Å²) in [6.07, 6.45) is -4.76. The molecule has 0 aliphatic carbocycles. The molecule has 40 heavy (non-hydrogen) atoms. The molecule has 3 aromatic carbocycles. The molecule has 0 spiro atoms. The smallest absolute Gasteiger partial charge is 0.416 e. The zero-order valence-electron chi connectivity index (χ0n) is 21.8. The molecule has 7 nitrogen and oxygen atoms in total. The monoisotopic (exact) mass is 575 g/mol. The second-order valence-corrected chi connectivity index (χ2v) is 9.74. The summed E-state index contributed by atoms with van der Waals surface area (Å²) in [5, 5.41) is 3.38. The molecule has 0 aromatic heterocycles. The van der Waals surface area contributed by atoms with Gasteiger partial charge >= 0.3 is 18.2 Å². The second-order valence-electron chi connectivity index (χ2n) is 9.30. The summed E-state index contributed by atoms with van der Waals surface area (Å²) in [5.74, 6) is -0.537. The Bertz CT molecular complexity index is 1300. The lowest BCUT2D eigenvalue weighted by Gasteiger charge is -2.36. The minimum atomic E-state index is -4.39. The van der Waals surface area contributed by atoms with Crippen LogP contribution in [-0.4, -0.2) is 61.6 Å². The van der Waals surface area contributed by atoms with E-state index in [1.807, 2.05) is 12.1 Å². The summed E-state index contributed by atoms with van der Waals surface area (Å²) in [4.78, 5) is 28.7. The topological polar surface area (TPSA) is 71.1 Å². The maximum absolute atomic E-state index is 12.9. The van der Waals surface area contributed by atoms with Crippen LogP contribution in [0.2, 0.25) is 5.02 Å². The molecule has 212 valence electrons. The van der Waals surface area contributed by atoms with E-state index < -0.39 is 17.7 Å². The van der Waals surface area contributed by atoms with Crippen LogP contribution in [0.4, 0.5) is 23.7 Å². The number of methoxy groups -OCH3 is 1. The van der Waals surface area contributed by atoms with E-state index in [1.165, 1.54) is 19.2 Å². The molecule has 1 N–H and O–H groups in total. The summed E-state index contributed by atoms with van der Waals surface area (Å²) < 4.78 is 49.7. The van der Waals surface area contributed by atoms with Crippen LogP contribution in [0.15, 0.2) is 72.8 Å². The van der Waals surface area contributed by atoms with Gasteiger partial charge in [0.1, 0.15) is 0 Å². The zero-order valence-corrected chi connectivity index (χ0v) is 22.5. The van der Waals surface area contributed by atoms with Crippen molar-refractivity contribution in [1.29, 1.82) is 0 Å². The highest BCUT2D eigenvalue weighted by molar-refractivity contribution is 6.30. The van der Waals surface area contributed by atoms with E-state index in [4.69, 9.17) is 21.1 Å². The van der Waals surface area contributed by atoms with Crippen molar-refractivity contribution in [3.8, 4) is 0 Å². The number of nitrogens with one attached hydrogen (secondary N) is 1. The number of carbonyl (C=O) groups excluding carboxylic acids is 2. The summed E-state index contributed by atoms with van der Waals surface area (Å²) in [6, 6.07) is 18.5. The summed E-state index contributed by atoms with van der Waals surface area (Å²) in [6.45, 7) is 2.73. The van der Waals surface area contributed by atoms with Crippen LogP contribution in [0.5, 0.6) is 0 Å². The number of nitrogens with zero attached hydrogens (tertiary/aromatic N) is 2. The van der Waals surface area contributed by atoms with Crippen LogP contribution in [0, 0.1) is 0 Å². The van der Waals surface area contributed by atoms with Crippen molar-refractivity contribution in [2.75, 3.05) is 45.2 Å². The number of para-hydroxylation sites is 1. The lowest BCUT2D eigenvalue weighted by atomic mass is 10.1. The van der Waals surface area contributed by atoms with Gasteiger partial charge in [-0.15, -0.1) is 0 Å². The molecule has 0 unspecified atom stereocenters. The Morgan fingerprint density at radius 2 is 1.60 bits per heavy atom. The number of esters is 1. The fraction of sp³-hybridized carbons (Fsp3) is 0.310. The minimum Gasteiger partial charge on any atom is -0.465 e. The van der Waals surface area contributed by atoms with E-state index in [1.54, 1.807) is 41.3 Å². The van der Waals surface area contributed by atoms with Gasteiger partial charge in [0.25, 0.3) is 0 Å². The molecule has 1 heterocycles. The van der Waals surface area contributed by atoms with Gasteiger partial charge in [0.2, 0.25) is 0 Å². The molecule has 0 bridgehead atoms. The van der Waals surface area contributed by atoms with E-state index >= 15 is 0 Å². The van der Waals surface area contributed by atoms with E-state index in [0.717, 1.165) is 17.7 Å². The first-order chi connectivity index (χ1) is 19.1. The van der Waals surface area contributed by atoms with Gasteiger partial charge in [0, 0.05) is 37.7 Å². The largest absolute Gasteiger partial charge is 0.465 e. The molecule has 0 radical (unpaired) electrons. The van der Waals surface area contributed by atoms with Crippen LogP contribution < -0.4 is 5.32 Å². The molecule has 11 heteroatoms. The van der Waals surface area contributed by atoms with Crippen molar-refractivity contribution < 1.29 is 32.2 Å². The van der Waals surface area contributed by atoms with Gasteiger partial charge in [-0.05, 0) is 47.5 Å². The van der Waals surface area contributed by atoms with E-state index in [9.17, 15) is 22.8 Å². The highest BCUT2D eigenvalue weighted by Crippen LogP contribution is 2.30. The van der Waals surface area contributed by atoms with Crippen molar-refractivity contribution in [2.45, 2.75) is 18.9 Å². The summed E-state index contributed by atoms with van der Waals surface area (Å²) >= 11 is 6.06. The molecule has 3 aromatic rings. The number of benzene rings is 3. The first-order valence-electron chi connectivity index (χ1n) is 12.6. The van der Waals surface area contributed by atoms with Gasteiger partial charge < -0.3 is 19.7 Å². The molecule has 2 amide bonds. The SMILES string of the molecule is COC(=O)c1ccccc1NC(=O)N1CCN(C[C@H](OCc2ccc(C(F)(F)F)cc2)c2ccc(Cl)cc2)CC1. The molecule has 1 saturated heterocycles. The predicted octanol–water partition coefficient (Wildman–Crippen LogP) is 6.25. The standard InChI is InChI=1S/C29H29ClF3N3O4/c1-39-27(37)24-4-2-3-5-25(24)34-28(38)36-16-14-35(15-17-36)18-26(21-8-12-23(30)13-9-21)40-19-20-6-10-22(11-7-20)29(31,32)33/h2-13,26H,14-19H2,1H3,(H,34,38)/t26-/m0/s1. The average molecular weight is 576 g/mol. The lowest BCUT2D eigenvalue weighted by molar-refractivity contribution is -0.137. The maximum atomic E-state index is 12.9. The molecule has 1 aliphatic rings. The Labute approximate surface area is 235 Å². The predicted molar refractivity (Wildman–Crippen MR) is 145 cm³/mol. The molecule has 1 aliphatic heterocycles. The Morgan fingerprint density at radius 3 is 2.23 bits per heavy atom. The van der Waals surface area contributed by atoms with E-state index in [2.05, 4.69) is 10.2 Å². The number of rotatable bonds is 8. The van der Waals surface area contributed by atoms with Crippen molar-refractivity contribution >= 4 is 29.3 Å². The maximum Gasteiger partial charge on any atom is 0.416 e. The molecule has 0 saturated carbocycles. The normalized spacial score (nSPS) is 15.0. The van der Waals surface area contributed by atoms with Gasteiger partial charge in [0.15, 0.2) is 0 Å². The van der Waals surface area contributed by atoms with E-state index in [0.29, 0.717) is 49.0 Å². The lowest BCUT2D eigenvalue weighted by Crippen LogP contribution is -2.51. The first-order valence-corrected chi connectivity index (χ1v) is 13.0. The van der Waals surface area contributed by atoms with Crippen molar-refractivity contribution in [3.63, 3.8) is 0 Å². The molecule has 1 fully saturated rings. The van der Waals surface area contributed by atoms with Crippen molar-refractivity contribution in [3.05, 3.63) is 100 Å². The quantitative estimate of drug-likeness (QED) is 0.321. The number of hydrogen-bond acceptors (Lipinski definition) is 5. The van der Waals surface area contributed by atoms with Gasteiger partial charge in [-0.3, -0.25) is 4.90 Å². The van der Waals surface area contributed by atoms with Crippen molar-refractivity contribution in [2.24, 2.45) is 0 Å². The number of amides is 2. The number of alkyl halides is 3. The Morgan fingerprint density at radius 1 is 0.950 bits per heavy atom. The Hall–Kier alpha value is -3.60.